The highest BCUT2D eigenvalue weighted by Crippen LogP contribution is 2.30. The molecule has 6 nitrogen and oxygen atoms in total. The molecule has 0 aromatic carbocycles. The number of hydrogen-bond donors (Lipinski definition) is 2. The van der Waals surface area contributed by atoms with Crippen LogP contribution < -0.4 is 5.32 Å². The Balaban J connectivity index is 2.04. The summed E-state index contributed by atoms with van der Waals surface area (Å²) in [7, 11) is 4.86. The van der Waals surface area contributed by atoms with Gasteiger partial charge in [-0.2, -0.15) is 18.3 Å². The number of halogens is 3. The number of H-pyrrole nitrogens is 1. The molecule has 2 N–H and O–H groups in total. The van der Waals surface area contributed by atoms with Gasteiger partial charge in [0, 0.05) is 51.3 Å². The highest BCUT2D eigenvalue weighted by molar-refractivity contribution is 5.79. The van der Waals surface area contributed by atoms with Crippen molar-refractivity contribution in [2.45, 2.75) is 19.3 Å². The summed E-state index contributed by atoms with van der Waals surface area (Å²) in [4.78, 5) is 8.97. The summed E-state index contributed by atoms with van der Waals surface area (Å²) in [6, 6.07) is 3.80. The van der Waals surface area contributed by atoms with E-state index in [2.05, 4.69) is 20.4 Å². The number of hydrogen-bond acceptors (Lipinski definition) is 2. The van der Waals surface area contributed by atoms with Crippen molar-refractivity contribution in [1.82, 2.24) is 25.0 Å². The van der Waals surface area contributed by atoms with Crippen molar-refractivity contribution in [1.29, 1.82) is 0 Å². The zero-order valence-corrected chi connectivity index (χ0v) is 13.1. The molecule has 23 heavy (non-hydrogen) atoms. The van der Waals surface area contributed by atoms with Gasteiger partial charge in [-0.1, -0.05) is 0 Å². The van der Waals surface area contributed by atoms with E-state index < -0.39 is 11.9 Å². The molecule has 0 aliphatic rings. The van der Waals surface area contributed by atoms with Crippen molar-refractivity contribution < 1.29 is 13.2 Å². The Hall–Kier alpha value is -2.45. The van der Waals surface area contributed by atoms with Crippen LogP contribution in [-0.4, -0.2) is 39.7 Å². The molecule has 126 valence electrons. The standard InChI is InChI=1S/C14H19F3N6/c1-18-13(22(2)9-11-5-4-6-19-11)20-7-10-8-23(3)21-12(10)14(15,16)17/h4-6,8,19H,7,9H2,1-3H3,(H,18,20). The van der Waals surface area contributed by atoms with Gasteiger partial charge >= 0.3 is 6.18 Å². The average Bonchev–Trinajstić information content (AvgIpc) is 3.08. The van der Waals surface area contributed by atoms with Gasteiger partial charge in [0.25, 0.3) is 0 Å². The molecule has 0 bridgehead atoms. The number of aryl methyl sites for hydroxylation is 1. The lowest BCUT2D eigenvalue weighted by Crippen LogP contribution is -2.38. The van der Waals surface area contributed by atoms with Crippen molar-refractivity contribution >= 4 is 5.96 Å². The van der Waals surface area contributed by atoms with Gasteiger partial charge in [0.1, 0.15) is 0 Å². The van der Waals surface area contributed by atoms with Crippen LogP contribution in [-0.2, 0) is 26.3 Å². The molecular formula is C14H19F3N6. The maximum Gasteiger partial charge on any atom is 0.435 e. The van der Waals surface area contributed by atoms with Crippen LogP contribution in [0.2, 0.25) is 0 Å². The number of alkyl halides is 3. The number of rotatable bonds is 4. The van der Waals surface area contributed by atoms with E-state index in [1.807, 2.05) is 30.3 Å². The molecule has 0 radical (unpaired) electrons. The van der Waals surface area contributed by atoms with E-state index in [1.54, 1.807) is 7.05 Å². The fraction of sp³-hybridized carbons (Fsp3) is 0.429. The highest BCUT2D eigenvalue weighted by Gasteiger charge is 2.36. The summed E-state index contributed by atoms with van der Waals surface area (Å²) >= 11 is 0. The van der Waals surface area contributed by atoms with Gasteiger partial charge in [0.15, 0.2) is 11.7 Å². The molecule has 2 rings (SSSR count). The summed E-state index contributed by atoms with van der Waals surface area (Å²) in [5.41, 5.74) is 0.178. The van der Waals surface area contributed by atoms with Crippen LogP contribution in [0.1, 0.15) is 17.0 Å². The van der Waals surface area contributed by atoms with Crippen LogP contribution in [0.3, 0.4) is 0 Å². The third kappa shape index (κ3) is 4.27. The van der Waals surface area contributed by atoms with E-state index in [-0.39, 0.29) is 12.1 Å². The van der Waals surface area contributed by atoms with E-state index >= 15 is 0 Å². The Morgan fingerprint density at radius 2 is 2.22 bits per heavy atom. The average molecular weight is 328 g/mol. The fourth-order valence-corrected chi connectivity index (χ4v) is 2.26. The molecule has 9 heteroatoms. The van der Waals surface area contributed by atoms with Crippen LogP contribution in [0.5, 0.6) is 0 Å². The number of aromatic amines is 1. The summed E-state index contributed by atoms with van der Waals surface area (Å²) in [6.07, 6.45) is -1.31. The Morgan fingerprint density at radius 1 is 1.48 bits per heavy atom. The first-order valence-corrected chi connectivity index (χ1v) is 6.95. The molecule has 0 fully saturated rings. The summed E-state index contributed by atoms with van der Waals surface area (Å²) in [6.45, 7) is 0.552. The van der Waals surface area contributed by atoms with Crippen molar-refractivity contribution in [3.8, 4) is 0 Å². The molecule has 0 unspecified atom stereocenters. The van der Waals surface area contributed by atoms with E-state index in [0.717, 1.165) is 10.4 Å². The van der Waals surface area contributed by atoms with Crippen LogP contribution in [0.4, 0.5) is 13.2 Å². The minimum atomic E-state index is -4.47. The monoisotopic (exact) mass is 328 g/mol. The molecule has 0 amide bonds. The van der Waals surface area contributed by atoms with Crippen LogP contribution in [0, 0.1) is 0 Å². The molecule has 0 spiro atoms. The third-order valence-electron chi connectivity index (χ3n) is 3.25. The number of nitrogens with one attached hydrogen (secondary N) is 2. The van der Waals surface area contributed by atoms with E-state index in [1.165, 1.54) is 13.2 Å². The molecule has 0 saturated heterocycles. The second-order valence-corrected chi connectivity index (χ2v) is 5.13. The minimum Gasteiger partial charge on any atom is -0.364 e. The molecule has 2 aromatic rings. The first-order valence-electron chi connectivity index (χ1n) is 6.95. The molecule has 0 saturated carbocycles. The topological polar surface area (TPSA) is 61.2 Å². The number of guanidine groups is 1. The summed E-state index contributed by atoms with van der Waals surface area (Å²) < 4.78 is 39.9. The van der Waals surface area contributed by atoms with E-state index in [4.69, 9.17) is 0 Å². The Bertz CT molecular complexity index is 657. The first kappa shape index (κ1) is 16.9. The summed E-state index contributed by atoms with van der Waals surface area (Å²) in [5, 5.41) is 6.42. The zero-order valence-electron chi connectivity index (χ0n) is 13.1. The first-order chi connectivity index (χ1) is 10.8. The van der Waals surface area contributed by atoms with Crippen molar-refractivity contribution in [2.75, 3.05) is 14.1 Å². The maximum atomic E-state index is 12.9. The van der Waals surface area contributed by atoms with Crippen LogP contribution in [0.25, 0.3) is 0 Å². The molecule has 0 atom stereocenters. The van der Waals surface area contributed by atoms with Gasteiger partial charge in [0.2, 0.25) is 0 Å². The maximum absolute atomic E-state index is 12.9. The van der Waals surface area contributed by atoms with Gasteiger partial charge < -0.3 is 15.2 Å². The second kappa shape index (κ2) is 6.76. The Morgan fingerprint density at radius 3 is 2.78 bits per heavy atom. The zero-order chi connectivity index (χ0) is 17.0. The largest absolute Gasteiger partial charge is 0.435 e. The van der Waals surface area contributed by atoms with Gasteiger partial charge in [-0.05, 0) is 12.1 Å². The van der Waals surface area contributed by atoms with Crippen molar-refractivity contribution in [3.63, 3.8) is 0 Å². The fourth-order valence-electron chi connectivity index (χ4n) is 2.26. The predicted octanol–water partition coefficient (Wildman–Crippen LogP) is 1.97. The van der Waals surface area contributed by atoms with E-state index in [9.17, 15) is 13.2 Å². The number of aromatic nitrogens is 3. The van der Waals surface area contributed by atoms with Gasteiger partial charge in [0.05, 0.1) is 6.54 Å². The lowest BCUT2D eigenvalue weighted by atomic mass is 10.2. The van der Waals surface area contributed by atoms with Crippen LogP contribution in [0.15, 0.2) is 29.5 Å². The van der Waals surface area contributed by atoms with E-state index in [0.29, 0.717) is 12.5 Å². The smallest absolute Gasteiger partial charge is 0.364 e. The Kier molecular flexibility index (Phi) is 4.97. The third-order valence-corrected chi connectivity index (χ3v) is 3.25. The molecule has 0 aliphatic carbocycles. The normalized spacial score (nSPS) is 12.5. The van der Waals surface area contributed by atoms with Crippen molar-refractivity contribution in [2.24, 2.45) is 12.0 Å². The highest BCUT2D eigenvalue weighted by atomic mass is 19.4. The molecule has 2 aromatic heterocycles. The van der Waals surface area contributed by atoms with Gasteiger partial charge in [-0.15, -0.1) is 0 Å². The van der Waals surface area contributed by atoms with Gasteiger partial charge in [-0.25, -0.2) is 0 Å². The summed E-state index contributed by atoms with van der Waals surface area (Å²) in [5.74, 6) is 0.497. The SMILES string of the molecule is CN=C(NCc1cn(C)nc1C(F)(F)F)N(C)Cc1ccc[nH]1. The van der Waals surface area contributed by atoms with Crippen LogP contribution >= 0.6 is 0 Å². The molecule has 0 aliphatic heterocycles. The van der Waals surface area contributed by atoms with Crippen molar-refractivity contribution in [3.05, 3.63) is 41.5 Å². The molecule has 2 heterocycles. The second-order valence-electron chi connectivity index (χ2n) is 5.13. The lowest BCUT2D eigenvalue weighted by Gasteiger charge is -2.21. The predicted molar refractivity (Wildman–Crippen MR) is 80.7 cm³/mol. The molecular weight excluding hydrogens is 309 g/mol. The quantitative estimate of drug-likeness (QED) is 0.666. The van der Waals surface area contributed by atoms with Gasteiger partial charge in [-0.3, -0.25) is 9.67 Å². The number of nitrogens with zero attached hydrogens (tertiary/aromatic N) is 4. The minimum absolute atomic E-state index is 0.00950. The number of aliphatic imine (C=N–C) groups is 1. The lowest BCUT2D eigenvalue weighted by molar-refractivity contribution is -0.142. The Labute approximate surface area is 132 Å².